The first kappa shape index (κ1) is 28.0. The van der Waals surface area contributed by atoms with Crippen molar-refractivity contribution in [2.24, 2.45) is 5.92 Å². The van der Waals surface area contributed by atoms with E-state index in [0.717, 1.165) is 29.7 Å². The van der Waals surface area contributed by atoms with Crippen molar-refractivity contribution in [1.82, 2.24) is 20.2 Å². The van der Waals surface area contributed by atoms with Crippen molar-refractivity contribution in [3.05, 3.63) is 87.8 Å². The first-order valence-corrected chi connectivity index (χ1v) is 13.7. The molecule has 41 heavy (non-hydrogen) atoms. The third kappa shape index (κ3) is 6.28. The molecule has 2 aromatic carbocycles. The van der Waals surface area contributed by atoms with Gasteiger partial charge < -0.3 is 20.6 Å². The standard InChI is InChI=1S/C31H35N7O3/c1-19-23(6-5-7-24(19)34-28(40)21-8-10-22(11-9-21)31(2,3)4)25-16-26(29(41)37-36-25)33-27-12-14-32-30(35-27)38-15-13-20(17-38)18-39/h5-12,14,16,20,39H,13,15,17-18H2,1-4H3,(H,34,40)(H,37,41)(H,32,33,35,36). The average Bonchev–Trinajstić information content (AvgIpc) is 3.45. The number of aromatic nitrogens is 4. The molecule has 1 unspecified atom stereocenters. The number of nitrogens with one attached hydrogen (secondary N) is 3. The summed E-state index contributed by atoms with van der Waals surface area (Å²) in [5, 5.41) is 22.4. The summed E-state index contributed by atoms with van der Waals surface area (Å²) in [5.74, 6) is 1.02. The number of nitrogens with zero attached hydrogens (tertiary/aromatic N) is 4. The van der Waals surface area contributed by atoms with E-state index in [9.17, 15) is 14.7 Å². The van der Waals surface area contributed by atoms with Crippen molar-refractivity contribution in [2.45, 2.75) is 39.5 Å². The van der Waals surface area contributed by atoms with E-state index in [-0.39, 0.29) is 29.5 Å². The Kier molecular flexibility index (Phi) is 7.85. The molecule has 212 valence electrons. The van der Waals surface area contributed by atoms with Crippen LogP contribution in [0.1, 0.15) is 48.7 Å². The van der Waals surface area contributed by atoms with Crippen LogP contribution in [0.4, 0.5) is 23.1 Å². The zero-order chi connectivity index (χ0) is 29.1. The fourth-order valence-corrected chi connectivity index (χ4v) is 4.87. The fraction of sp³-hybridized carbons (Fsp3) is 0.323. The Hall–Kier alpha value is -4.57. The number of aromatic amines is 1. The van der Waals surface area contributed by atoms with Crippen LogP contribution in [0.5, 0.6) is 0 Å². The molecule has 1 fully saturated rings. The minimum atomic E-state index is -0.392. The first-order valence-electron chi connectivity index (χ1n) is 13.7. The van der Waals surface area contributed by atoms with E-state index in [1.165, 1.54) is 0 Å². The van der Waals surface area contributed by atoms with E-state index in [0.29, 0.717) is 35.3 Å². The van der Waals surface area contributed by atoms with Crippen molar-refractivity contribution in [1.29, 1.82) is 0 Å². The molecule has 5 rings (SSSR count). The average molecular weight is 554 g/mol. The lowest BCUT2D eigenvalue weighted by atomic mass is 9.86. The summed E-state index contributed by atoms with van der Waals surface area (Å²) in [7, 11) is 0. The van der Waals surface area contributed by atoms with Crippen LogP contribution in [0.15, 0.2) is 65.6 Å². The predicted octanol–water partition coefficient (Wildman–Crippen LogP) is 4.65. The number of anilines is 4. The maximum Gasteiger partial charge on any atom is 0.287 e. The second-order valence-electron chi connectivity index (χ2n) is 11.4. The summed E-state index contributed by atoms with van der Waals surface area (Å²) in [6.45, 7) is 9.90. The molecule has 1 aliphatic heterocycles. The molecule has 3 heterocycles. The molecular weight excluding hydrogens is 518 g/mol. The lowest BCUT2D eigenvalue weighted by Crippen LogP contribution is -2.23. The molecule has 4 N–H and O–H groups in total. The van der Waals surface area contributed by atoms with Crippen LogP contribution in [-0.4, -0.2) is 50.9 Å². The molecule has 10 heteroatoms. The van der Waals surface area contributed by atoms with Crippen LogP contribution in [-0.2, 0) is 5.41 Å². The van der Waals surface area contributed by atoms with Gasteiger partial charge in [-0.1, -0.05) is 45.0 Å². The van der Waals surface area contributed by atoms with Crippen molar-refractivity contribution in [3.8, 4) is 11.3 Å². The number of amides is 1. The summed E-state index contributed by atoms with van der Waals surface area (Å²) >= 11 is 0. The monoisotopic (exact) mass is 553 g/mol. The first-order chi connectivity index (χ1) is 19.6. The van der Waals surface area contributed by atoms with Crippen molar-refractivity contribution in [3.63, 3.8) is 0 Å². The lowest BCUT2D eigenvalue weighted by Gasteiger charge is -2.19. The zero-order valence-electron chi connectivity index (χ0n) is 23.7. The number of carbonyl (C=O) groups excluding carboxylic acids is 1. The molecular formula is C31H35N7O3. The largest absolute Gasteiger partial charge is 0.396 e. The van der Waals surface area contributed by atoms with E-state index < -0.39 is 5.56 Å². The molecule has 2 aromatic heterocycles. The summed E-state index contributed by atoms with van der Waals surface area (Å²) in [6.07, 6.45) is 2.52. The fourth-order valence-electron chi connectivity index (χ4n) is 4.87. The smallest absolute Gasteiger partial charge is 0.287 e. The molecule has 4 aromatic rings. The zero-order valence-corrected chi connectivity index (χ0v) is 23.7. The van der Waals surface area contributed by atoms with Crippen LogP contribution >= 0.6 is 0 Å². The van der Waals surface area contributed by atoms with Crippen LogP contribution in [0.25, 0.3) is 11.3 Å². The highest BCUT2D eigenvalue weighted by Crippen LogP contribution is 2.29. The number of hydrogen-bond acceptors (Lipinski definition) is 8. The minimum absolute atomic E-state index is 0.00484. The molecule has 0 aliphatic carbocycles. The molecule has 1 amide bonds. The summed E-state index contributed by atoms with van der Waals surface area (Å²) < 4.78 is 0. The molecule has 1 saturated heterocycles. The molecule has 1 atom stereocenters. The van der Waals surface area contributed by atoms with Crippen molar-refractivity contribution < 1.29 is 9.90 Å². The highest BCUT2D eigenvalue weighted by Gasteiger charge is 2.24. The van der Waals surface area contributed by atoms with Gasteiger partial charge in [0.05, 0.1) is 5.69 Å². The Balaban J connectivity index is 1.35. The van der Waals surface area contributed by atoms with Crippen LogP contribution < -0.4 is 21.1 Å². The van der Waals surface area contributed by atoms with Gasteiger partial charge >= 0.3 is 0 Å². The predicted molar refractivity (Wildman–Crippen MR) is 161 cm³/mol. The van der Waals surface area contributed by atoms with E-state index in [4.69, 9.17) is 0 Å². The molecule has 0 spiro atoms. The number of H-pyrrole nitrogens is 1. The molecule has 0 radical (unpaired) electrons. The Bertz CT molecular complexity index is 1610. The molecule has 0 bridgehead atoms. The van der Waals surface area contributed by atoms with Crippen molar-refractivity contribution >= 4 is 29.0 Å². The number of aliphatic hydroxyl groups is 1. The number of hydrogen-bond donors (Lipinski definition) is 4. The third-order valence-electron chi connectivity index (χ3n) is 7.41. The van der Waals surface area contributed by atoms with E-state index in [1.807, 2.05) is 54.3 Å². The van der Waals surface area contributed by atoms with Crippen LogP contribution in [0, 0.1) is 12.8 Å². The maximum absolute atomic E-state index is 13.0. The third-order valence-corrected chi connectivity index (χ3v) is 7.41. The number of aliphatic hydroxyl groups excluding tert-OH is 1. The topological polar surface area (TPSA) is 136 Å². The second-order valence-corrected chi connectivity index (χ2v) is 11.4. The lowest BCUT2D eigenvalue weighted by molar-refractivity contribution is 0.102. The SMILES string of the molecule is Cc1c(NC(=O)c2ccc(C(C)(C)C)cc2)cccc1-c1cc(Nc2ccnc(N3CCC(CO)C3)n2)c(=O)[nH]n1. The summed E-state index contributed by atoms with van der Waals surface area (Å²) in [6, 6.07) is 16.6. The van der Waals surface area contributed by atoms with Gasteiger partial charge in [0.15, 0.2) is 0 Å². The minimum Gasteiger partial charge on any atom is -0.396 e. The van der Waals surface area contributed by atoms with E-state index in [2.05, 4.69) is 51.6 Å². The van der Waals surface area contributed by atoms with Gasteiger partial charge in [0.25, 0.3) is 11.5 Å². The van der Waals surface area contributed by atoms with Gasteiger partial charge in [0.1, 0.15) is 11.5 Å². The van der Waals surface area contributed by atoms with E-state index in [1.54, 1.807) is 18.3 Å². The summed E-state index contributed by atoms with van der Waals surface area (Å²) in [5.41, 5.74) is 4.39. The Morgan fingerprint density at radius 3 is 2.61 bits per heavy atom. The maximum atomic E-state index is 13.0. The number of benzene rings is 2. The highest BCUT2D eigenvalue weighted by atomic mass is 16.3. The molecule has 10 nitrogen and oxygen atoms in total. The van der Waals surface area contributed by atoms with E-state index >= 15 is 0 Å². The highest BCUT2D eigenvalue weighted by molar-refractivity contribution is 6.05. The second kappa shape index (κ2) is 11.5. The Morgan fingerprint density at radius 1 is 1.12 bits per heavy atom. The van der Waals surface area contributed by atoms with Crippen LogP contribution in [0.2, 0.25) is 0 Å². The van der Waals surface area contributed by atoms with Gasteiger partial charge in [-0.3, -0.25) is 9.59 Å². The van der Waals surface area contributed by atoms with Gasteiger partial charge in [-0.05, 0) is 60.2 Å². The van der Waals surface area contributed by atoms with Gasteiger partial charge in [0, 0.05) is 48.6 Å². The Morgan fingerprint density at radius 2 is 1.90 bits per heavy atom. The van der Waals surface area contributed by atoms with Crippen LogP contribution in [0.3, 0.4) is 0 Å². The van der Waals surface area contributed by atoms with Gasteiger partial charge in [-0.25, -0.2) is 10.1 Å². The van der Waals surface area contributed by atoms with Gasteiger partial charge in [-0.2, -0.15) is 10.1 Å². The molecule has 1 aliphatic rings. The van der Waals surface area contributed by atoms with Gasteiger partial charge in [0.2, 0.25) is 5.95 Å². The normalized spacial score (nSPS) is 15.1. The number of rotatable bonds is 7. The summed E-state index contributed by atoms with van der Waals surface area (Å²) in [4.78, 5) is 36.6. The van der Waals surface area contributed by atoms with Gasteiger partial charge in [-0.15, -0.1) is 0 Å². The molecule has 0 saturated carbocycles. The number of carbonyl (C=O) groups is 1. The van der Waals surface area contributed by atoms with Crippen molar-refractivity contribution in [2.75, 3.05) is 35.2 Å². The Labute approximate surface area is 238 Å². The quantitative estimate of drug-likeness (QED) is 0.260.